The van der Waals surface area contributed by atoms with Gasteiger partial charge in [0, 0.05) is 23.1 Å². The van der Waals surface area contributed by atoms with Crippen LogP contribution in [0.25, 0.3) is 0 Å². The van der Waals surface area contributed by atoms with E-state index in [0.717, 1.165) is 22.6 Å². The molecule has 4 heteroatoms. The van der Waals surface area contributed by atoms with Crippen molar-refractivity contribution >= 4 is 5.78 Å². The quantitative estimate of drug-likeness (QED) is 0.808. The highest BCUT2D eigenvalue weighted by atomic mass is 16.1. The predicted octanol–water partition coefficient (Wildman–Crippen LogP) is 3.44. The fourth-order valence-corrected chi connectivity index (χ4v) is 3.11. The Morgan fingerprint density at radius 2 is 1.90 bits per heavy atom. The van der Waals surface area contributed by atoms with Crippen LogP contribution in [-0.4, -0.2) is 20.5 Å². The summed E-state index contributed by atoms with van der Waals surface area (Å²) < 4.78 is 2.04. The van der Waals surface area contributed by atoms with Gasteiger partial charge in [-0.2, -0.15) is 5.10 Å². The molecule has 2 heterocycles. The third-order valence-electron chi connectivity index (χ3n) is 4.11. The number of pyridine rings is 1. The minimum Gasteiger partial charge on any atom is -0.294 e. The molecule has 0 N–H and O–H groups in total. The zero-order valence-corrected chi connectivity index (χ0v) is 12.7. The molecule has 1 aliphatic carbocycles. The number of aryl methyl sites for hydroxylation is 2. The van der Waals surface area contributed by atoms with Crippen LogP contribution in [0.3, 0.4) is 0 Å². The number of rotatable bonds is 4. The molecule has 2 aromatic rings. The average Bonchev–Trinajstić information content (AvgIpc) is 3.07. The summed E-state index contributed by atoms with van der Waals surface area (Å²) in [6.07, 6.45) is 7.36. The normalized spacial score (nSPS) is 15.5. The average molecular weight is 283 g/mol. The zero-order chi connectivity index (χ0) is 14.8. The number of aromatic nitrogens is 3. The Morgan fingerprint density at radius 3 is 2.57 bits per heavy atom. The third kappa shape index (κ3) is 3.20. The molecule has 0 radical (unpaired) electrons. The molecule has 0 bridgehead atoms. The standard InChI is InChI=1S/C17H21N3O/c1-12-9-14(10-13(2)18-12)17(21)11-15-7-8-20(19-15)16-5-3-4-6-16/h7-10,16H,3-6,11H2,1-2H3. The van der Waals surface area contributed by atoms with Gasteiger partial charge in [0.1, 0.15) is 0 Å². The molecule has 0 atom stereocenters. The highest BCUT2D eigenvalue weighted by molar-refractivity contribution is 5.97. The van der Waals surface area contributed by atoms with Crippen LogP contribution in [-0.2, 0) is 6.42 Å². The molecule has 110 valence electrons. The van der Waals surface area contributed by atoms with Crippen LogP contribution in [0.4, 0.5) is 0 Å². The summed E-state index contributed by atoms with van der Waals surface area (Å²) in [6.45, 7) is 3.83. The van der Waals surface area contributed by atoms with Crippen molar-refractivity contribution in [2.75, 3.05) is 0 Å². The highest BCUT2D eigenvalue weighted by Gasteiger charge is 2.18. The van der Waals surface area contributed by atoms with Crippen molar-refractivity contribution in [3.63, 3.8) is 0 Å². The first kappa shape index (κ1) is 14.0. The van der Waals surface area contributed by atoms with E-state index < -0.39 is 0 Å². The van der Waals surface area contributed by atoms with Crippen LogP contribution in [0.5, 0.6) is 0 Å². The molecule has 1 fully saturated rings. The van der Waals surface area contributed by atoms with E-state index in [0.29, 0.717) is 12.5 Å². The van der Waals surface area contributed by atoms with Crippen molar-refractivity contribution in [3.05, 3.63) is 47.0 Å². The molecule has 0 aliphatic heterocycles. The van der Waals surface area contributed by atoms with Gasteiger partial charge in [0.2, 0.25) is 0 Å². The molecule has 1 aliphatic rings. The molecule has 21 heavy (non-hydrogen) atoms. The van der Waals surface area contributed by atoms with Crippen LogP contribution < -0.4 is 0 Å². The van der Waals surface area contributed by atoms with Gasteiger partial charge in [-0.25, -0.2) is 0 Å². The smallest absolute Gasteiger partial charge is 0.169 e. The number of nitrogens with zero attached hydrogens (tertiary/aromatic N) is 3. The van der Waals surface area contributed by atoms with Crippen molar-refractivity contribution < 1.29 is 4.79 Å². The summed E-state index contributed by atoms with van der Waals surface area (Å²) in [5.41, 5.74) is 3.36. The molecule has 0 spiro atoms. The molecule has 2 aromatic heterocycles. The first-order chi connectivity index (χ1) is 10.1. The SMILES string of the molecule is Cc1cc(C(=O)Cc2ccn(C3CCCC3)n2)cc(C)n1. The van der Waals surface area contributed by atoms with Crippen molar-refractivity contribution in [3.8, 4) is 0 Å². The Morgan fingerprint density at radius 1 is 1.24 bits per heavy atom. The van der Waals surface area contributed by atoms with Crippen LogP contribution >= 0.6 is 0 Å². The van der Waals surface area contributed by atoms with E-state index in [1.165, 1.54) is 25.7 Å². The Labute approximate surface area is 125 Å². The number of ketones is 1. The number of hydrogen-bond acceptors (Lipinski definition) is 3. The van der Waals surface area contributed by atoms with E-state index in [1.54, 1.807) is 0 Å². The molecule has 3 rings (SSSR count). The summed E-state index contributed by atoms with van der Waals surface area (Å²) in [5, 5.41) is 4.58. The van der Waals surface area contributed by atoms with Crippen molar-refractivity contribution in [2.24, 2.45) is 0 Å². The second kappa shape index (κ2) is 5.80. The second-order valence-corrected chi connectivity index (χ2v) is 5.96. The van der Waals surface area contributed by atoms with Crippen LogP contribution in [0.1, 0.15) is 59.2 Å². The van der Waals surface area contributed by atoms with Gasteiger partial charge in [-0.1, -0.05) is 12.8 Å². The van der Waals surface area contributed by atoms with Crippen molar-refractivity contribution in [1.82, 2.24) is 14.8 Å². The van der Waals surface area contributed by atoms with Gasteiger partial charge in [-0.05, 0) is 44.9 Å². The van der Waals surface area contributed by atoms with Crippen molar-refractivity contribution in [2.45, 2.75) is 52.0 Å². The van der Waals surface area contributed by atoms with E-state index in [9.17, 15) is 4.79 Å². The monoisotopic (exact) mass is 283 g/mol. The Kier molecular flexibility index (Phi) is 3.86. The maximum atomic E-state index is 12.4. The Hall–Kier alpha value is -1.97. The van der Waals surface area contributed by atoms with Gasteiger partial charge in [-0.15, -0.1) is 0 Å². The Bertz CT molecular complexity index is 634. The first-order valence-electron chi connectivity index (χ1n) is 7.64. The number of carbonyl (C=O) groups is 1. The van der Waals surface area contributed by atoms with Gasteiger partial charge < -0.3 is 0 Å². The molecule has 4 nitrogen and oxygen atoms in total. The van der Waals surface area contributed by atoms with E-state index in [-0.39, 0.29) is 5.78 Å². The summed E-state index contributed by atoms with van der Waals surface area (Å²) in [5.74, 6) is 0.111. The van der Waals surface area contributed by atoms with E-state index in [2.05, 4.69) is 10.1 Å². The van der Waals surface area contributed by atoms with E-state index in [4.69, 9.17) is 0 Å². The number of carbonyl (C=O) groups excluding carboxylic acids is 1. The maximum Gasteiger partial charge on any atom is 0.169 e. The van der Waals surface area contributed by atoms with Crippen LogP contribution in [0.2, 0.25) is 0 Å². The molecular weight excluding hydrogens is 262 g/mol. The first-order valence-corrected chi connectivity index (χ1v) is 7.64. The fraction of sp³-hybridized carbons (Fsp3) is 0.471. The topological polar surface area (TPSA) is 47.8 Å². The van der Waals surface area contributed by atoms with Crippen molar-refractivity contribution in [1.29, 1.82) is 0 Å². The Balaban J connectivity index is 1.72. The zero-order valence-electron chi connectivity index (χ0n) is 12.7. The molecule has 0 amide bonds. The van der Waals surface area contributed by atoms with Gasteiger partial charge in [-0.3, -0.25) is 14.5 Å². The fourth-order valence-electron chi connectivity index (χ4n) is 3.11. The van der Waals surface area contributed by atoms with Crippen LogP contribution in [0.15, 0.2) is 24.4 Å². The molecular formula is C17H21N3O. The molecule has 0 saturated heterocycles. The number of Topliss-reactive ketones (excluding diaryl/α,β-unsaturated/α-hetero) is 1. The minimum absolute atomic E-state index is 0.111. The van der Waals surface area contributed by atoms with Crippen LogP contribution in [0, 0.1) is 13.8 Å². The number of hydrogen-bond donors (Lipinski definition) is 0. The highest BCUT2D eigenvalue weighted by Crippen LogP contribution is 2.28. The molecule has 0 aromatic carbocycles. The minimum atomic E-state index is 0.111. The summed E-state index contributed by atoms with van der Waals surface area (Å²) in [4.78, 5) is 16.7. The summed E-state index contributed by atoms with van der Waals surface area (Å²) in [6, 6.07) is 6.20. The largest absolute Gasteiger partial charge is 0.294 e. The predicted molar refractivity (Wildman–Crippen MR) is 81.5 cm³/mol. The summed E-state index contributed by atoms with van der Waals surface area (Å²) >= 11 is 0. The third-order valence-corrected chi connectivity index (χ3v) is 4.11. The lowest BCUT2D eigenvalue weighted by atomic mass is 10.1. The maximum absolute atomic E-state index is 12.4. The van der Waals surface area contributed by atoms with E-state index >= 15 is 0 Å². The van der Waals surface area contributed by atoms with Gasteiger partial charge in [0.15, 0.2) is 5.78 Å². The van der Waals surface area contributed by atoms with Gasteiger partial charge >= 0.3 is 0 Å². The second-order valence-electron chi connectivity index (χ2n) is 5.96. The molecule has 0 unspecified atom stereocenters. The van der Waals surface area contributed by atoms with Gasteiger partial charge in [0.05, 0.1) is 18.2 Å². The van der Waals surface area contributed by atoms with E-state index in [1.807, 2.05) is 42.9 Å². The summed E-state index contributed by atoms with van der Waals surface area (Å²) in [7, 11) is 0. The lowest BCUT2D eigenvalue weighted by Crippen LogP contribution is -2.09. The molecule has 1 saturated carbocycles. The van der Waals surface area contributed by atoms with Gasteiger partial charge in [0.25, 0.3) is 0 Å². The lowest BCUT2D eigenvalue weighted by Gasteiger charge is -2.08. The lowest BCUT2D eigenvalue weighted by molar-refractivity contribution is 0.0991.